The maximum Gasteiger partial charge on any atom is 0.129 e. The summed E-state index contributed by atoms with van der Waals surface area (Å²) in [7, 11) is 0. The quantitative estimate of drug-likeness (QED) is 0.836. The zero-order valence-electron chi connectivity index (χ0n) is 10.2. The van der Waals surface area contributed by atoms with Gasteiger partial charge in [0, 0.05) is 12.1 Å². The highest BCUT2D eigenvalue weighted by atomic mass is 19.1. The van der Waals surface area contributed by atoms with Crippen LogP contribution in [0.25, 0.3) is 0 Å². The van der Waals surface area contributed by atoms with Crippen molar-refractivity contribution >= 4 is 0 Å². The Balaban J connectivity index is 2.51. The van der Waals surface area contributed by atoms with Crippen molar-refractivity contribution in [1.29, 1.82) is 0 Å². The molecule has 0 aliphatic heterocycles. The van der Waals surface area contributed by atoms with Gasteiger partial charge in [-0.3, -0.25) is 0 Å². The molecule has 0 fully saturated rings. The van der Waals surface area contributed by atoms with Gasteiger partial charge in [-0.25, -0.2) is 4.39 Å². The second-order valence-electron chi connectivity index (χ2n) is 4.27. The topological polar surface area (TPSA) is 35.2 Å². The highest BCUT2D eigenvalue weighted by Crippen LogP contribution is 2.16. The summed E-state index contributed by atoms with van der Waals surface area (Å²) >= 11 is 0. The maximum atomic E-state index is 13.2. The Hall–Kier alpha value is -1.09. The number of nitrogens with two attached hydrogens (primary N) is 1. The molecule has 0 amide bonds. The molecule has 2 N–H and O–H groups in total. The summed E-state index contributed by atoms with van der Waals surface area (Å²) in [5.41, 5.74) is 6.55. The van der Waals surface area contributed by atoms with Gasteiger partial charge in [0.2, 0.25) is 0 Å². The molecule has 1 aromatic carbocycles. The van der Waals surface area contributed by atoms with Crippen molar-refractivity contribution in [3.63, 3.8) is 0 Å². The molecule has 2 atom stereocenters. The maximum absolute atomic E-state index is 13.2. The van der Waals surface area contributed by atoms with Gasteiger partial charge in [-0.15, -0.1) is 0 Å². The Morgan fingerprint density at radius 3 is 2.69 bits per heavy atom. The average Bonchev–Trinajstić information content (AvgIpc) is 2.29. The fraction of sp³-hybridized carbons (Fsp3) is 0.538. The summed E-state index contributed by atoms with van der Waals surface area (Å²) < 4.78 is 18.7. The minimum Gasteiger partial charge on any atom is -0.492 e. The summed E-state index contributed by atoms with van der Waals surface area (Å²) in [4.78, 5) is 0. The zero-order valence-corrected chi connectivity index (χ0v) is 10.2. The number of halogens is 1. The fourth-order valence-electron chi connectivity index (χ4n) is 1.32. The van der Waals surface area contributed by atoms with Gasteiger partial charge in [-0.2, -0.15) is 0 Å². The lowest BCUT2D eigenvalue weighted by Crippen LogP contribution is -2.34. The van der Waals surface area contributed by atoms with Crippen LogP contribution < -0.4 is 10.5 Å². The van der Waals surface area contributed by atoms with Crippen molar-refractivity contribution in [2.24, 2.45) is 11.7 Å². The third kappa shape index (κ3) is 3.49. The molecule has 0 radical (unpaired) electrons. The number of benzene rings is 1. The van der Waals surface area contributed by atoms with E-state index in [0.717, 1.165) is 6.42 Å². The van der Waals surface area contributed by atoms with E-state index in [1.165, 1.54) is 6.07 Å². The lowest BCUT2D eigenvalue weighted by atomic mass is 10.0. The molecule has 0 heterocycles. The molecule has 1 aromatic rings. The monoisotopic (exact) mass is 225 g/mol. The van der Waals surface area contributed by atoms with Gasteiger partial charge < -0.3 is 10.5 Å². The van der Waals surface area contributed by atoms with Crippen molar-refractivity contribution in [2.75, 3.05) is 6.61 Å². The summed E-state index contributed by atoms with van der Waals surface area (Å²) in [6.07, 6.45) is 1.02. The third-order valence-electron chi connectivity index (χ3n) is 2.96. The number of hydrogen-bond donors (Lipinski definition) is 1. The Bertz CT molecular complexity index is 341. The number of aryl methyl sites for hydroxylation is 1. The van der Waals surface area contributed by atoms with Gasteiger partial charge >= 0.3 is 0 Å². The van der Waals surface area contributed by atoms with E-state index in [1.807, 2.05) is 0 Å². The second kappa shape index (κ2) is 5.85. The molecular formula is C13H20FNO. The zero-order chi connectivity index (χ0) is 12.1. The van der Waals surface area contributed by atoms with Gasteiger partial charge in [0.25, 0.3) is 0 Å². The first-order valence-electron chi connectivity index (χ1n) is 5.69. The van der Waals surface area contributed by atoms with E-state index in [-0.39, 0.29) is 11.9 Å². The predicted octanol–water partition coefficient (Wildman–Crippen LogP) is 2.89. The molecular weight excluding hydrogens is 205 g/mol. The molecule has 1 rings (SSSR count). The minimum atomic E-state index is -0.241. The first-order chi connectivity index (χ1) is 7.54. The molecule has 0 aromatic heterocycles. The van der Waals surface area contributed by atoms with Crippen LogP contribution in [0.3, 0.4) is 0 Å². The van der Waals surface area contributed by atoms with Gasteiger partial charge in [0.15, 0.2) is 0 Å². The van der Waals surface area contributed by atoms with E-state index >= 15 is 0 Å². The minimum absolute atomic E-state index is 0.00522. The Morgan fingerprint density at radius 1 is 1.44 bits per heavy atom. The number of ether oxygens (including phenoxy) is 1. The molecule has 0 saturated heterocycles. The molecule has 0 saturated carbocycles. The molecule has 2 nitrogen and oxygen atoms in total. The van der Waals surface area contributed by atoms with Crippen LogP contribution >= 0.6 is 0 Å². The Morgan fingerprint density at radius 2 is 2.12 bits per heavy atom. The van der Waals surface area contributed by atoms with Crippen LogP contribution in [0.5, 0.6) is 5.75 Å². The van der Waals surface area contributed by atoms with Crippen LogP contribution in [0.1, 0.15) is 25.8 Å². The molecule has 2 unspecified atom stereocenters. The Labute approximate surface area is 96.6 Å². The van der Waals surface area contributed by atoms with Crippen molar-refractivity contribution < 1.29 is 9.13 Å². The predicted molar refractivity (Wildman–Crippen MR) is 64.1 cm³/mol. The molecule has 0 spiro atoms. The second-order valence-corrected chi connectivity index (χ2v) is 4.27. The number of rotatable bonds is 5. The van der Waals surface area contributed by atoms with E-state index in [9.17, 15) is 4.39 Å². The molecule has 0 bridgehead atoms. The molecule has 0 aliphatic rings. The van der Waals surface area contributed by atoms with Crippen molar-refractivity contribution in [1.82, 2.24) is 0 Å². The molecule has 90 valence electrons. The standard InChI is InChI=1S/C13H20FNO/c1-4-9(2)13(15)8-16-11-6-5-10(3)12(14)7-11/h5-7,9,13H,4,8,15H2,1-3H3. The van der Waals surface area contributed by atoms with E-state index in [0.29, 0.717) is 23.8 Å². The van der Waals surface area contributed by atoms with Gasteiger partial charge in [0.05, 0.1) is 0 Å². The molecule has 3 heteroatoms. The number of hydrogen-bond acceptors (Lipinski definition) is 2. The SMILES string of the molecule is CCC(C)C(N)COc1ccc(C)c(F)c1. The van der Waals surface area contributed by atoms with E-state index in [1.54, 1.807) is 19.1 Å². The summed E-state index contributed by atoms with van der Waals surface area (Å²) in [5.74, 6) is 0.715. The Kier molecular flexibility index (Phi) is 4.74. The smallest absolute Gasteiger partial charge is 0.129 e. The van der Waals surface area contributed by atoms with Crippen molar-refractivity contribution in [2.45, 2.75) is 33.2 Å². The van der Waals surface area contributed by atoms with Crippen LogP contribution in [0.4, 0.5) is 4.39 Å². The molecule has 16 heavy (non-hydrogen) atoms. The van der Waals surface area contributed by atoms with Crippen LogP contribution in [-0.2, 0) is 0 Å². The third-order valence-corrected chi connectivity index (χ3v) is 2.96. The lowest BCUT2D eigenvalue weighted by Gasteiger charge is -2.18. The fourth-order valence-corrected chi connectivity index (χ4v) is 1.32. The van der Waals surface area contributed by atoms with Crippen molar-refractivity contribution in [3.8, 4) is 5.75 Å². The van der Waals surface area contributed by atoms with Crippen LogP contribution in [0.15, 0.2) is 18.2 Å². The largest absolute Gasteiger partial charge is 0.492 e. The lowest BCUT2D eigenvalue weighted by molar-refractivity contribution is 0.249. The normalized spacial score (nSPS) is 14.6. The highest BCUT2D eigenvalue weighted by molar-refractivity contribution is 5.27. The van der Waals surface area contributed by atoms with Crippen LogP contribution in [-0.4, -0.2) is 12.6 Å². The summed E-state index contributed by atoms with van der Waals surface area (Å²) in [5, 5.41) is 0. The average molecular weight is 225 g/mol. The first kappa shape index (κ1) is 13.0. The van der Waals surface area contributed by atoms with Crippen LogP contribution in [0.2, 0.25) is 0 Å². The van der Waals surface area contributed by atoms with E-state index in [2.05, 4.69) is 13.8 Å². The van der Waals surface area contributed by atoms with Gasteiger partial charge in [0.1, 0.15) is 18.2 Å². The summed E-state index contributed by atoms with van der Waals surface area (Å²) in [6, 6.07) is 4.87. The van der Waals surface area contributed by atoms with Crippen molar-refractivity contribution in [3.05, 3.63) is 29.6 Å². The van der Waals surface area contributed by atoms with Crippen LogP contribution in [0, 0.1) is 18.7 Å². The van der Waals surface area contributed by atoms with E-state index in [4.69, 9.17) is 10.5 Å². The summed E-state index contributed by atoms with van der Waals surface area (Å²) in [6.45, 7) is 6.33. The molecule has 0 aliphatic carbocycles. The highest BCUT2D eigenvalue weighted by Gasteiger charge is 2.11. The van der Waals surface area contributed by atoms with E-state index < -0.39 is 0 Å². The van der Waals surface area contributed by atoms with Gasteiger partial charge in [-0.1, -0.05) is 26.3 Å². The van der Waals surface area contributed by atoms with Gasteiger partial charge in [-0.05, 0) is 24.5 Å². The first-order valence-corrected chi connectivity index (χ1v) is 5.69.